The lowest BCUT2D eigenvalue weighted by atomic mass is 10.1. The predicted octanol–water partition coefficient (Wildman–Crippen LogP) is 2.36. The van der Waals surface area contributed by atoms with Gasteiger partial charge in [0.25, 0.3) is 0 Å². The van der Waals surface area contributed by atoms with Crippen LogP contribution < -0.4 is 0 Å². The van der Waals surface area contributed by atoms with Crippen molar-refractivity contribution in [2.75, 3.05) is 0 Å². The minimum atomic E-state index is 0.121. The molecular formula is C10H12O2. The van der Waals surface area contributed by atoms with Crippen molar-refractivity contribution >= 4 is 5.78 Å². The number of hydrogen-bond acceptors (Lipinski definition) is 2. The average Bonchev–Trinajstić information content (AvgIpc) is 2.51. The fourth-order valence-corrected chi connectivity index (χ4v) is 0.906. The number of ketones is 1. The summed E-state index contributed by atoms with van der Waals surface area (Å²) in [6, 6.07) is 1.87. The highest BCUT2D eigenvalue weighted by molar-refractivity contribution is 5.94. The lowest BCUT2D eigenvalue weighted by Crippen LogP contribution is -1.99. The maximum atomic E-state index is 11.1. The van der Waals surface area contributed by atoms with E-state index in [-0.39, 0.29) is 5.78 Å². The molecule has 0 saturated heterocycles. The molecule has 2 heteroatoms. The normalized spacial score (nSPS) is 9.75. The molecule has 0 bridgehead atoms. The largest absolute Gasteiger partial charge is 0.472 e. The summed E-state index contributed by atoms with van der Waals surface area (Å²) in [6.45, 7) is 5.32. The molecule has 2 nitrogen and oxygen atoms in total. The number of carbonyl (C=O) groups is 1. The molecule has 0 aliphatic rings. The van der Waals surface area contributed by atoms with Crippen molar-refractivity contribution in [3.63, 3.8) is 0 Å². The number of furan rings is 1. The van der Waals surface area contributed by atoms with E-state index in [1.54, 1.807) is 19.5 Å². The van der Waals surface area contributed by atoms with Crippen LogP contribution in [0.3, 0.4) is 0 Å². The summed E-state index contributed by atoms with van der Waals surface area (Å²) in [4.78, 5) is 11.1. The van der Waals surface area contributed by atoms with Crippen LogP contribution in [0, 0.1) is 0 Å². The molecular weight excluding hydrogens is 152 g/mol. The van der Waals surface area contributed by atoms with Crippen LogP contribution in [0.1, 0.15) is 18.9 Å². The van der Waals surface area contributed by atoms with Crippen LogP contribution in [-0.4, -0.2) is 5.78 Å². The van der Waals surface area contributed by atoms with Crippen molar-refractivity contribution in [2.24, 2.45) is 0 Å². The molecule has 0 atom stereocenters. The van der Waals surface area contributed by atoms with Crippen LogP contribution in [0.5, 0.6) is 0 Å². The second kappa shape index (κ2) is 3.90. The van der Waals surface area contributed by atoms with E-state index in [0.29, 0.717) is 12.0 Å². The molecule has 12 heavy (non-hydrogen) atoms. The second-order valence-electron chi connectivity index (χ2n) is 2.84. The Hall–Kier alpha value is -1.31. The summed E-state index contributed by atoms with van der Waals surface area (Å²) < 4.78 is 4.87. The first-order valence-corrected chi connectivity index (χ1v) is 3.90. The monoisotopic (exact) mass is 164 g/mol. The summed E-state index contributed by atoms with van der Waals surface area (Å²) in [7, 11) is 0. The molecule has 64 valence electrons. The quantitative estimate of drug-likeness (QED) is 0.639. The molecule has 0 amide bonds. The average molecular weight is 164 g/mol. The number of allylic oxidation sites excluding steroid dienone is 1. The van der Waals surface area contributed by atoms with Gasteiger partial charge in [-0.15, -0.1) is 0 Å². The van der Waals surface area contributed by atoms with E-state index < -0.39 is 0 Å². The minimum Gasteiger partial charge on any atom is -0.472 e. The van der Waals surface area contributed by atoms with Crippen LogP contribution >= 0.6 is 0 Å². The zero-order valence-electron chi connectivity index (χ0n) is 7.17. The topological polar surface area (TPSA) is 30.2 Å². The van der Waals surface area contributed by atoms with Crippen molar-refractivity contribution in [1.82, 2.24) is 0 Å². The molecule has 1 aromatic rings. The molecule has 1 aromatic heterocycles. The Bertz CT molecular complexity index is 270. The van der Waals surface area contributed by atoms with Gasteiger partial charge in [0.2, 0.25) is 0 Å². The van der Waals surface area contributed by atoms with Gasteiger partial charge in [-0.1, -0.05) is 6.58 Å². The van der Waals surface area contributed by atoms with Gasteiger partial charge in [0.1, 0.15) is 0 Å². The van der Waals surface area contributed by atoms with Crippen LogP contribution in [0.2, 0.25) is 0 Å². The molecule has 0 spiro atoms. The van der Waals surface area contributed by atoms with Crippen LogP contribution in [-0.2, 0) is 11.2 Å². The van der Waals surface area contributed by atoms with E-state index in [0.717, 1.165) is 12.0 Å². The number of hydrogen-bond donors (Lipinski definition) is 0. The van der Waals surface area contributed by atoms with Gasteiger partial charge in [0, 0.05) is 6.42 Å². The summed E-state index contributed by atoms with van der Waals surface area (Å²) in [5.74, 6) is 0.121. The second-order valence-corrected chi connectivity index (χ2v) is 2.84. The Labute approximate surface area is 71.9 Å². The Balaban J connectivity index is 2.37. The molecule has 1 rings (SSSR count). The fourth-order valence-electron chi connectivity index (χ4n) is 0.906. The Kier molecular flexibility index (Phi) is 2.86. The van der Waals surface area contributed by atoms with E-state index >= 15 is 0 Å². The highest BCUT2D eigenvalue weighted by Gasteiger charge is 2.02. The first kappa shape index (κ1) is 8.78. The molecule has 0 unspecified atom stereocenters. The van der Waals surface area contributed by atoms with Crippen LogP contribution in [0.15, 0.2) is 35.2 Å². The summed E-state index contributed by atoms with van der Waals surface area (Å²) in [5.41, 5.74) is 1.68. The van der Waals surface area contributed by atoms with Gasteiger partial charge in [0.05, 0.1) is 12.5 Å². The van der Waals surface area contributed by atoms with Gasteiger partial charge in [-0.25, -0.2) is 0 Å². The zero-order chi connectivity index (χ0) is 8.97. The van der Waals surface area contributed by atoms with Crippen molar-refractivity contribution in [2.45, 2.75) is 19.8 Å². The standard InChI is InChI=1S/C10H12O2/c1-8(2)10(11)4-3-9-5-6-12-7-9/h5-7H,1,3-4H2,2H3. The molecule has 0 saturated carbocycles. The molecule has 1 heterocycles. The van der Waals surface area contributed by atoms with Gasteiger partial charge >= 0.3 is 0 Å². The molecule has 0 aliphatic heterocycles. The molecule has 0 fully saturated rings. The van der Waals surface area contributed by atoms with Gasteiger partial charge in [-0.2, -0.15) is 0 Å². The molecule has 0 aromatic carbocycles. The SMILES string of the molecule is C=C(C)C(=O)CCc1ccoc1. The maximum Gasteiger partial charge on any atom is 0.158 e. The Morgan fingerprint density at radius 1 is 1.67 bits per heavy atom. The van der Waals surface area contributed by atoms with Gasteiger partial charge in [0.15, 0.2) is 5.78 Å². The van der Waals surface area contributed by atoms with E-state index in [1.165, 1.54) is 0 Å². The smallest absolute Gasteiger partial charge is 0.158 e. The van der Waals surface area contributed by atoms with Gasteiger partial charge in [-0.3, -0.25) is 4.79 Å². The van der Waals surface area contributed by atoms with Gasteiger partial charge in [-0.05, 0) is 30.5 Å². The number of aryl methyl sites for hydroxylation is 1. The zero-order valence-corrected chi connectivity index (χ0v) is 7.17. The minimum absolute atomic E-state index is 0.121. The summed E-state index contributed by atoms with van der Waals surface area (Å²) in [6.07, 6.45) is 4.53. The molecule has 0 aliphatic carbocycles. The van der Waals surface area contributed by atoms with Crippen molar-refractivity contribution < 1.29 is 9.21 Å². The van der Waals surface area contributed by atoms with E-state index in [4.69, 9.17) is 4.42 Å². The third-order valence-electron chi connectivity index (χ3n) is 1.70. The first-order valence-electron chi connectivity index (χ1n) is 3.90. The first-order chi connectivity index (χ1) is 5.70. The van der Waals surface area contributed by atoms with E-state index in [9.17, 15) is 4.79 Å². The van der Waals surface area contributed by atoms with Crippen molar-refractivity contribution in [3.8, 4) is 0 Å². The van der Waals surface area contributed by atoms with Crippen LogP contribution in [0.4, 0.5) is 0 Å². The van der Waals surface area contributed by atoms with Crippen LogP contribution in [0.25, 0.3) is 0 Å². The van der Waals surface area contributed by atoms with Crippen molar-refractivity contribution in [1.29, 1.82) is 0 Å². The molecule has 0 N–H and O–H groups in total. The lowest BCUT2D eigenvalue weighted by molar-refractivity contribution is -0.115. The Morgan fingerprint density at radius 3 is 2.92 bits per heavy atom. The third-order valence-corrected chi connectivity index (χ3v) is 1.70. The lowest BCUT2D eigenvalue weighted by Gasteiger charge is -1.96. The predicted molar refractivity (Wildman–Crippen MR) is 46.9 cm³/mol. The fraction of sp³-hybridized carbons (Fsp3) is 0.300. The van der Waals surface area contributed by atoms with Crippen molar-refractivity contribution in [3.05, 3.63) is 36.3 Å². The molecule has 0 radical (unpaired) electrons. The third kappa shape index (κ3) is 2.38. The number of carbonyl (C=O) groups excluding carboxylic acids is 1. The maximum absolute atomic E-state index is 11.1. The Morgan fingerprint density at radius 2 is 2.42 bits per heavy atom. The van der Waals surface area contributed by atoms with E-state index in [1.807, 2.05) is 6.07 Å². The number of Topliss-reactive ketones (excluding diaryl/α,β-unsaturated/α-hetero) is 1. The highest BCUT2D eigenvalue weighted by Crippen LogP contribution is 2.06. The summed E-state index contributed by atoms with van der Waals surface area (Å²) >= 11 is 0. The number of rotatable bonds is 4. The van der Waals surface area contributed by atoms with E-state index in [2.05, 4.69) is 6.58 Å². The summed E-state index contributed by atoms with van der Waals surface area (Å²) in [5, 5.41) is 0. The van der Waals surface area contributed by atoms with Gasteiger partial charge < -0.3 is 4.42 Å². The highest BCUT2D eigenvalue weighted by atomic mass is 16.3.